The van der Waals surface area contributed by atoms with E-state index in [0.29, 0.717) is 19.6 Å². The van der Waals surface area contributed by atoms with Crippen LogP contribution in [0.4, 0.5) is 16.3 Å². The molecule has 0 spiro atoms. The lowest BCUT2D eigenvalue weighted by Crippen LogP contribution is -2.43. The summed E-state index contributed by atoms with van der Waals surface area (Å²) in [5.74, 6) is 0.872. The first kappa shape index (κ1) is 20.2. The van der Waals surface area contributed by atoms with Gasteiger partial charge in [-0.15, -0.1) is 0 Å². The SMILES string of the molecule is CC(=O)N1c2ccc(-c3ccc(N4CCOCC4)nc3)cc2C(OC(N)=O)CC1C. The number of hydrogen-bond acceptors (Lipinski definition) is 6. The lowest BCUT2D eigenvalue weighted by molar-refractivity contribution is -0.117. The molecule has 2 amide bonds. The van der Waals surface area contributed by atoms with Crippen LogP contribution in [0.25, 0.3) is 11.1 Å². The molecule has 8 heteroatoms. The minimum atomic E-state index is -0.823. The van der Waals surface area contributed by atoms with Crippen LogP contribution in [0.15, 0.2) is 36.5 Å². The van der Waals surface area contributed by atoms with Gasteiger partial charge in [0.2, 0.25) is 5.91 Å². The molecule has 4 rings (SSSR count). The van der Waals surface area contributed by atoms with Crippen molar-refractivity contribution in [3.05, 3.63) is 42.1 Å². The van der Waals surface area contributed by atoms with E-state index in [4.69, 9.17) is 15.2 Å². The van der Waals surface area contributed by atoms with Crippen molar-refractivity contribution < 1.29 is 19.1 Å². The number of benzene rings is 1. The molecule has 2 N–H and O–H groups in total. The molecule has 30 heavy (non-hydrogen) atoms. The molecule has 0 bridgehead atoms. The highest BCUT2D eigenvalue weighted by Gasteiger charge is 2.34. The number of nitrogens with two attached hydrogens (primary N) is 1. The fraction of sp³-hybridized carbons (Fsp3) is 0.409. The molecule has 2 aliphatic heterocycles. The molecule has 2 atom stereocenters. The molecule has 3 heterocycles. The number of carbonyl (C=O) groups excluding carboxylic acids is 2. The number of fused-ring (bicyclic) bond motifs is 1. The number of carbonyl (C=O) groups is 2. The highest BCUT2D eigenvalue weighted by atomic mass is 16.6. The van der Waals surface area contributed by atoms with E-state index in [-0.39, 0.29) is 11.9 Å². The summed E-state index contributed by atoms with van der Waals surface area (Å²) >= 11 is 0. The number of nitrogens with zero attached hydrogens (tertiary/aromatic N) is 3. The van der Waals surface area contributed by atoms with Crippen LogP contribution in [0.5, 0.6) is 0 Å². The number of anilines is 2. The number of hydrogen-bond donors (Lipinski definition) is 1. The van der Waals surface area contributed by atoms with Crippen molar-refractivity contribution in [2.75, 3.05) is 36.1 Å². The number of primary amides is 1. The van der Waals surface area contributed by atoms with Gasteiger partial charge in [-0.1, -0.05) is 6.07 Å². The Kier molecular flexibility index (Phi) is 5.59. The van der Waals surface area contributed by atoms with Crippen molar-refractivity contribution in [3.63, 3.8) is 0 Å². The van der Waals surface area contributed by atoms with Gasteiger partial charge in [0.1, 0.15) is 11.9 Å². The lowest BCUT2D eigenvalue weighted by Gasteiger charge is -2.38. The molecule has 0 aliphatic carbocycles. The molecule has 158 valence electrons. The Labute approximate surface area is 175 Å². The zero-order valence-electron chi connectivity index (χ0n) is 17.2. The Hall–Kier alpha value is -3.13. The van der Waals surface area contributed by atoms with Crippen LogP contribution < -0.4 is 15.5 Å². The lowest BCUT2D eigenvalue weighted by atomic mass is 9.91. The summed E-state index contributed by atoms with van der Waals surface area (Å²) in [6.45, 7) is 6.55. The molecule has 1 saturated heterocycles. The molecule has 2 aliphatic rings. The zero-order valence-corrected chi connectivity index (χ0v) is 17.2. The second-order valence-corrected chi connectivity index (χ2v) is 7.68. The van der Waals surface area contributed by atoms with Gasteiger partial charge in [-0.05, 0) is 36.8 Å². The van der Waals surface area contributed by atoms with Crippen molar-refractivity contribution in [2.24, 2.45) is 5.73 Å². The minimum Gasteiger partial charge on any atom is -0.441 e. The average Bonchev–Trinajstić information content (AvgIpc) is 2.73. The van der Waals surface area contributed by atoms with E-state index in [1.807, 2.05) is 43.5 Å². The summed E-state index contributed by atoms with van der Waals surface area (Å²) in [5.41, 5.74) is 8.69. The predicted octanol–water partition coefficient (Wildman–Crippen LogP) is 2.87. The first-order valence-electron chi connectivity index (χ1n) is 10.1. The number of ether oxygens (including phenoxy) is 2. The van der Waals surface area contributed by atoms with Gasteiger partial charge in [0.15, 0.2) is 0 Å². The second kappa shape index (κ2) is 8.31. The third kappa shape index (κ3) is 3.95. The average molecular weight is 410 g/mol. The Balaban J connectivity index is 1.67. The van der Waals surface area contributed by atoms with E-state index in [1.54, 1.807) is 4.90 Å². The fourth-order valence-electron chi connectivity index (χ4n) is 4.26. The monoisotopic (exact) mass is 410 g/mol. The Bertz CT molecular complexity index is 941. The zero-order chi connectivity index (χ0) is 21.3. The van der Waals surface area contributed by atoms with E-state index in [1.165, 1.54) is 6.92 Å². The highest BCUT2D eigenvalue weighted by molar-refractivity contribution is 5.94. The Morgan fingerprint density at radius 2 is 1.90 bits per heavy atom. The van der Waals surface area contributed by atoms with E-state index in [9.17, 15) is 9.59 Å². The highest BCUT2D eigenvalue weighted by Crippen LogP contribution is 2.41. The van der Waals surface area contributed by atoms with Gasteiger partial charge in [-0.25, -0.2) is 9.78 Å². The van der Waals surface area contributed by atoms with Crippen molar-refractivity contribution in [1.29, 1.82) is 0 Å². The summed E-state index contributed by atoms with van der Waals surface area (Å²) < 4.78 is 10.8. The third-order valence-electron chi connectivity index (χ3n) is 5.64. The fourth-order valence-corrected chi connectivity index (χ4v) is 4.26. The van der Waals surface area contributed by atoms with Gasteiger partial charge in [0.25, 0.3) is 0 Å². The van der Waals surface area contributed by atoms with Crippen LogP contribution in [0.2, 0.25) is 0 Å². The quantitative estimate of drug-likeness (QED) is 0.836. The van der Waals surface area contributed by atoms with E-state index in [0.717, 1.165) is 41.3 Å². The second-order valence-electron chi connectivity index (χ2n) is 7.68. The molecule has 8 nitrogen and oxygen atoms in total. The summed E-state index contributed by atoms with van der Waals surface area (Å²) in [7, 11) is 0. The molecule has 0 radical (unpaired) electrons. The maximum absolute atomic E-state index is 12.2. The number of morpholine rings is 1. The summed E-state index contributed by atoms with van der Waals surface area (Å²) in [6, 6.07) is 9.74. The molecule has 1 aromatic heterocycles. The summed E-state index contributed by atoms with van der Waals surface area (Å²) in [4.78, 5) is 32.2. The maximum atomic E-state index is 12.2. The largest absolute Gasteiger partial charge is 0.441 e. The molecule has 0 saturated carbocycles. The number of amides is 2. The van der Waals surface area contributed by atoms with Gasteiger partial charge in [0, 0.05) is 49.8 Å². The van der Waals surface area contributed by atoms with E-state index < -0.39 is 12.2 Å². The number of aromatic nitrogens is 1. The first-order valence-corrected chi connectivity index (χ1v) is 10.1. The van der Waals surface area contributed by atoms with Crippen molar-refractivity contribution in [2.45, 2.75) is 32.4 Å². The number of rotatable bonds is 3. The van der Waals surface area contributed by atoms with Crippen molar-refractivity contribution >= 4 is 23.5 Å². The molecule has 1 fully saturated rings. The normalized spacial score (nSPS) is 21.1. The third-order valence-corrected chi connectivity index (χ3v) is 5.64. The van der Waals surface area contributed by atoms with E-state index in [2.05, 4.69) is 9.88 Å². The van der Waals surface area contributed by atoms with Crippen LogP contribution in [-0.2, 0) is 14.3 Å². The molecular formula is C22H26N4O4. The smallest absolute Gasteiger partial charge is 0.405 e. The van der Waals surface area contributed by atoms with Crippen LogP contribution in [0.3, 0.4) is 0 Å². The van der Waals surface area contributed by atoms with Crippen LogP contribution in [0, 0.1) is 0 Å². The van der Waals surface area contributed by atoms with Gasteiger partial charge in [-0.2, -0.15) is 0 Å². The van der Waals surface area contributed by atoms with Gasteiger partial charge in [0.05, 0.1) is 18.9 Å². The van der Waals surface area contributed by atoms with Crippen molar-refractivity contribution in [1.82, 2.24) is 4.98 Å². The number of pyridine rings is 1. The van der Waals surface area contributed by atoms with Gasteiger partial charge in [-0.3, -0.25) is 4.79 Å². The first-order chi connectivity index (χ1) is 14.4. The van der Waals surface area contributed by atoms with Crippen LogP contribution in [-0.4, -0.2) is 49.3 Å². The molecule has 1 aromatic carbocycles. The van der Waals surface area contributed by atoms with Crippen LogP contribution in [0.1, 0.15) is 31.9 Å². The van der Waals surface area contributed by atoms with Crippen LogP contribution >= 0.6 is 0 Å². The maximum Gasteiger partial charge on any atom is 0.405 e. The minimum absolute atomic E-state index is 0.0504. The molecular weight excluding hydrogens is 384 g/mol. The van der Waals surface area contributed by atoms with E-state index >= 15 is 0 Å². The summed E-state index contributed by atoms with van der Waals surface area (Å²) in [6.07, 6.45) is 1.01. The van der Waals surface area contributed by atoms with Gasteiger partial charge < -0.3 is 25.0 Å². The standard InChI is InChI=1S/C22H26N4O4/c1-14-11-20(30-22(23)28)18-12-16(3-5-19(18)26(14)15(2)27)17-4-6-21(24-13-17)25-7-9-29-10-8-25/h3-6,12-14,20H,7-11H2,1-2H3,(H2,23,28). The molecule has 2 aromatic rings. The topological polar surface area (TPSA) is 98.0 Å². The summed E-state index contributed by atoms with van der Waals surface area (Å²) in [5, 5.41) is 0. The molecule has 2 unspecified atom stereocenters. The van der Waals surface area contributed by atoms with Crippen molar-refractivity contribution in [3.8, 4) is 11.1 Å². The Morgan fingerprint density at radius 1 is 1.17 bits per heavy atom. The predicted molar refractivity (Wildman–Crippen MR) is 113 cm³/mol. The Morgan fingerprint density at radius 3 is 2.53 bits per heavy atom. The van der Waals surface area contributed by atoms with Gasteiger partial charge >= 0.3 is 6.09 Å².